The Labute approximate surface area is 119 Å². The molecule has 2 atom stereocenters. The number of nitro groups is 1. The van der Waals surface area contributed by atoms with Crippen LogP contribution in [-0.4, -0.2) is 47.3 Å². The quantitative estimate of drug-likeness (QED) is 0.623. The lowest BCUT2D eigenvalue weighted by Gasteiger charge is -2.26. The van der Waals surface area contributed by atoms with Crippen molar-refractivity contribution in [3.63, 3.8) is 0 Å². The van der Waals surface area contributed by atoms with Crippen LogP contribution in [-0.2, 0) is 9.53 Å². The van der Waals surface area contributed by atoms with Gasteiger partial charge in [-0.25, -0.2) is 4.98 Å². The summed E-state index contributed by atoms with van der Waals surface area (Å²) in [6.45, 7) is 0.166. The smallest absolute Gasteiger partial charge is 0.329 e. The van der Waals surface area contributed by atoms with E-state index in [0.29, 0.717) is 0 Å². The first kappa shape index (κ1) is 14.7. The molecule has 9 heteroatoms. The summed E-state index contributed by atoms with van der Waals surface area (Å²) in [6, 6.07) is 2.41. The van der Waals surface area contributed by atoms with Gasteiger partial charge in [0.15, 0.2) is 0 Å². The van der Waals surface area contributed by atoms with Crippen LogP contribution in [0.3, 0.4) is 0 Å². The number of hydrogen-bond donors (Lipinski definition) is 1. The molecule has 1 aromatic rings. The Morgan fingerprint density at radius 2 is 2.38 bits per heavy atom. The molecule has 0 aromatic carbocycles. The minimum absolute atomic E-state index is 0.0378. The Morgan fingerprint density at radius 1 is 1.67 bits per heavy atom. The molecule has 1 fully saturated rings. The number of aliphatic carboxylic acids is 1. The normalized spacial score (nSPS) is 20.8. The molecule has 0 spiro atoms. The summed E-state index contributed by atoms with van der Waals surface area (Å²) < 4.78 is 5.15. The maximum absolute atomic E-state index is 11.2. The molecule has 0 amide bonds. The van der Waals surface area contributed by atoms with Crippen LogP contribution in [0.25, 0.3) is 0 Å². The zero-order valence-electron chi connectivity index (χ0n) is 11.1. The van der Waals surface area contributed by atoms with Crippen molar-refractivity contribution in [2.24, 2.45) is 5.92 Å². The number of hydrogen-bond acceptors (Lipinski definition) is 7. The van der Waals surface area contributed by atoms with Gasteiger partial charge in [0.1, 0.15) is 17.6 Å². The molecule has 2 heterocycles. The molecule has 0 saturated carbocycles. The van der Waals surface area contributed by atoms with E-state index in [0.717, 1.165) is 0 Å². The van der Waals surface area contributed by atoms with E-state index in [1.54, 1.807) is 6.07 Å². The molecule has 1 aromatic heterocycles. The van der Waals surface area contributed by atoms with E-state index in [4.69, 9.17) is 15.1 Å². The lowest BCUT2D eigenvalue weighted by atomic mass is 10.0. The third-order valence-electron chi connectivity index (χ3n) is 3.41. The second-order valence-corrected chi connectivity index (χ2v) is 4.56. The predicted molar refractivity (Wildman–Crippen MR) is 69.7 cm³/mol. The molecule has 0 bridgehead atoms. The number of nitriles is 1. The Kier molecular flexibility index (Phi) is 4.00. The largest absolute Gasteiger partial charge is 0.481 e. The fraction of sp³-hybridized carbons (Fsp3) is 0.417. The monoisotopic (exact) mass is 292 g/mol. The van der Waals surface area contributed by atoms with E-state index in [1.165, 1.54) is 24.2 Å². The van der Waals surface area contributed by atoms with Crippen molar-refractivity contribution in [3.05, 3.63) is 27.9 Å². The van der Waals surface area contributed by atoms with Crippen molar-refractivity contribution in [1.29, 1.82) is 5.26 Å². The standard InChI is InChI=1S/C12H12N4O5/c1-15(9-6-21-5-8(9)12(17)18)11-10(16(19)20)7(4-13)2-3-14-11/h2-3,8-9H,5-6H2,1H3,(H,17,18). The molecule has 2 rings (SSSR count). The molecule has 1 N–H and O–H groups in total. The van der Waals surface area contributed by atoms with Gasteiger partial charge >= 0.3 is 11.7 Å². The maximum atomic E-state index is 11.2. The van der Waals surface area contributed by atoms with Crippen LogP contribution in [0, 0.1) is 27.4 Å². The van der Waals surface area contributed by atoms with Gasteiger partial charge in [0.25, 0.3) is 0 Å². The highest BCUT2D eigenvalue weighted by Gasteiger charge is 2.39. The van der Waals surface area contributed by atoms with E-state index in [1.807, 2.05) is 0 Å². The number of carbonyl (C=O) groups is 1. The number of rotatable bonds is 4. The Balaban J connectivity index is 2.44. The Morgan fingerprint density at radius 3 is 2.95 bits per heavy atom. The molecule has 0 aliphatic carbocycles. The van der Waals surface area contributed by atoms with E-state index >= 15 is 0 Å². The highest BCUT2D eigenvalue weighted by atomic mass is 16.6. The number of pyridine rings is 1. The van der Waals surface area contributed by atoms with Crippen LogP contribution in [0.1, 0.15) is 5.56 Å². The van der Waals surface area contributed by atoms with Crippen molar-refractivity contribution in [2.75, 3.05) is 25.2 Å². The first-order valence-corrected chi connectivity index (χ1v) is 6.04. The summed E-state index contributed by atoms with van der Waals surface area (Å²) in [5, 5.41) is 29.3. The number of aromatic nitrogens is 1. The van der Waals surface area contributed by atoms with Gasteiger partial charge < -0.3 is 14.7 Å². The van der Waals surface area contributed by atoms with Gasteiger partial charge in [-0.3, -0.25) is 14.9 Å². The van der Waals surface area contributed by atoms with E-state index in [9.17, 15) is 14.9 Å². The highest BCUT2D eigenvalue weighted by molar-refractivity contribution is 5.73. The van der Waals surface area contributed by atoms with E-state index < -0.39 is 28.5 Å². The van der Waals surface area contributed by atoms with Crippen molar-refractivity contribution < 1.29 is 19.6 Å². The zero-order valence-corrected chi connectivity index (χ0v) is 11.1. The summed E-state index contributed by atoms with van der Waals surface area (Å²) in [6.07, 6.45) is 1.28. The molecule has 2 unspecified atom stereocenters. The average molecular weight is 292 g/mol. The van der Waals surface area contributed by atoms with Gasteiger partial charge in [0, 0.05) is 13.2 Å². The van der Waals surface area contributed by atoms with Gasteiger partial charge in [-0.1, -0.05) is 0 Å². The summed E-state index contributed by atoms with van der Waals surface area (Å²) in [7, 11) is 1.51. The van der Waals surface area contributed by atoms with Crippen molar-refractivity contribution >= 4 is 17.5 Å². The summed E-state index contributed by atoms with van der Waals surface area (Å²) in [5.41, 5.74) is -0.554. The third kappa shape index (κ3) is 2.61. The molecule has 0 radical (unpaired) electrons. The minimum atomic E-state index is -1.04. The van der Waals surface area contributed by atoms with Gasteiger partial charge in [0.05, 0.1) is 24.2 Å². The first-order chi connectivity index (χ1) is 9.97. The van der Waals surface area contributed by atoms with Crippen molar-refractivity contribution in [3.8, 4) is 6.07 Å². The lowest BCUT2D eigenvalue weighted by molar-refractivity contribution is -0.384. The molecule has 110 valence electrons. The Bertz CT molecular complexity index is 627. The minimum Gasteiger partial charge on any atom is -0.481 e. The SMILES string of the molecule is CN(c1nccc(C#N)c1[N+](=O)[O-])C1COCC1C(=O)O. The molecular weight excluding hydrogens is 280 g/mol. The van der Waals surface area contributed by atoms with Crippen LogP contribution in [0.4, 0.5) is 11.5 Å². The molecule has 1 aliphatic heterocycles. The van der Waals surface area contributed by atoms with Crippen LogP contribution in [0.15, 0.2) is 12.3 Å². The number of carboxylic acid groups (broad SMARTS) is 1. The molecular formula is C12H12N4O5. The zero-order chi connectivity index (χ0) is 15.6. The highest BCUT2D eigenvalue weighted by Crippen LogP contribution is 2.32. The van der Waals surface area contributed by atoms with Crippen LogP contribution < -0.4 is 4.90 Å². The summed E-state index contributed by atoms with van der Waals surface area (Å²) in [4.78, 5) is 27.0. The number of ether oxygens (including phenoxy) is 1. The average Bonchev–Trinajstić information content (AvgIpc) is 2.95. The van der Waals surface area contributed by atoms with Crippen LogP contribution in [0.5, 0.6) is 0 Å². The molecule has 1 saturated heterocycles. The topological polar surface area (TPSA) is 130 Å². The number of anilines is 1. The molecule has 21 heavy (non-hydrogen) atoms. The molecule has 9 nitrogen and oxygen atoms in total. The van der Waals surface area contributed by atoms with Gasteiger partial charge in [-0.05, 0) is 6.07 Å². The second kappa shape index (κ2) is 5.72. The fourth-order valence-electron chi connectivity index (χ4n) is 2.29. The van der Waals surface area contributed by atoms with Crippen LogP contribution >= 0.6 is 0 Å². The van der Waals surface area contributed by atoms with E-state index in [2.05, 4.69) is 4.98 Å². The van der Waals surface area contributed by atoms with Gasteiger partial charge in [-0.2, -0.15) is 5.26 Å². The number of carboxylic acids is 1. The summed E-state index contributed by atoms with van der Waals surface area (Å²) in [5.74, 6) is -1.88. The third-order valence-corrected chi connectivity index (χ3v) is 3.41. The lowest BCUT2D eigenvalue weighted by Crippen LogP contribution is -2.41. The van der Waals surface area contributed by atoms with Crippen LogP contribution in [0.2, 0.25) is 0 Å². The van der Waals surface area contributed by atoms with E-state index in [-0.39, 0.29) is 24.6 Å². The first-order valence-electron chi connectivity index (χ1n) is 6.04. The van der Waals surface area contributed by atoms with Crippen molar-refractivity contribution in [1.82, 2.24) is 4.98 Å². The fourth-order valence-corrected chi connectivity index (χ4v) is 2.29. The number of nitrogens with zero attached hydrogens (tertiary/aromatic N) is 4. The maximum Gasteiger partial charge on any atom is 0.329 e. The van der Waals surface area contributed by atoms with Gasteiger partial charge in [0.2, 0.25) is 5.82 Å². The number of likely N-dealkylation sites (N-methyl/N-ethyl adjacent to an activating group) is 1. The van der Waals surface area contributed by atoms with Gasteiger partial charge in [-0.15, -0.1) is 0 Å². The molecule has 1 aliphatic rings. The summed E-state index contributed by atoms with van der Waals surface area (Å²) >= 11 is 0. The second-order valence-electron chi connectivity index (χ2n) is 4.56. The predicted octanol–water partition coefficient (Wildman–Crippen LogP) is 0.397. The van der Waals surface area contributed by atoms with Crippen molar-refractivity contribution in [2.45, 2.75) is 6.04 Å². The Hall–Kier alpha value is -2.73.